The Kier molecular flexibility index (Phi) is 4.38. The summed E-state index contributed by atoms with van der Waals surface area (Å²) in [7, 11) is 1.60. The molecule has 1 amide bonds. The Morgan fingerprint density at radius 3 is 2.89 bits per heavy atom. The normalized spacial score (nSPS) is 10.0. The van der Waals surface area contributed by atoms with Gasteiger partial charge in [-0.3, -0.25) is 10.2 Å². The Labute approximate surface area is 114 Å². The second-order valence-electron chi connectivity index (χ2n) is 3.72. The zero-order valence-electron chi connectivity index (χ0n) is 10.4. The lowest BCUT2D eigenvalue weighted by Crippen LogP contribution is -2.30. The van der Waals surface area contributed by atoms with Gasteiger partial charge in [0.25, 0.3) is 5.91 Å². The molecule has 100 valence electrons. The summed E-state index contributed by atoms with van der Waals surface area (Å²) in [6, 6.07) is 9.14. The fourth-order valence-electron chi connectivity index (χ4n) is 1.57. The molecular formula is C13H14N2O3S. The molecule has 0 aliphatic heterocycles. The Hall–Kier alpha value is -2.05. The van der Waals surface area contributed by atoms with Crippen LogP contribution in [0, 0.1) is 0 Å². The van der Waals surface area contributed by atoms with E-state index in [0.717, 1.165) is 11.3 Å². The highest BCUT2D eigenvalue weighted by Gasteiger charge is 2.12. The van der Waals surface area contributed by atoms with Gasteiger partial charge >= 0.3 is 0 Å². The Balaban J connectivity index is 2.06. The molecule has 0 atom stereocenters. The quantitative estimate of drug-likeness (QED) is 0.498. The van der Waals surface area contributed by atoms with Crippen LogP contribution in [0.1, 0.15) is 15.2 Å². The molecular weight excluding hydrogens is 264 g/mol. The molecule has 1 aromatic heterocycles. The van der Waals surface area contributed by atoms with E-state index in [0.29, 0.717) is 17.2 Å². The molecule has 0 aliphatic rings. The minimum Gasteiger partial charge on any atom is -0.497 e. The van der Waals surface area contributed by atoms with Crippen molar-refractivity contribution in [3.8, 4) is 11.5 Å². The van der Waals surface area contributed by atoms with E-state index in [1.807, 2.05) is 29.6 Å². The lowest BCUT2D eigenvalue weighted by atomic mass is 10.2. The van der Waals surface area contributed by atoms with E-state index in [1.54, 1.807) is 13.2 Å². The maximum atomic E-state index is 11.5. The summed E-state index contributed by atoms with van der Waals surface area (Å²) in [5.74, 6) is 6.23. The zero-order valence-corrected chi connectivity index (χ0v) is 11.2. The van der Waals surface area contributed by atoms with Gasteiger partial charge < -0.3 is 9.47 Å². The van der Waals surface area contributed by atoms with Crippen molar-refractivity contribution in [2.45, 2.75) is 6.61 Å². The molecule has 0 radical (unpaired) electrons. The molecule has 6 heteroatoms. The molecule has 5 nitrogen and oxygen atoms in total. The van der Waals surface area contributed by atoms with Crippen LogP contribution in [0.15, 0.2) is 35.7 Å². The molecule has 0 saturated heterocycles. The minimum absolute atomic E-state index is 0.305. The molecule has 2 rings (SSSR count). The average Bonchev–Trinajstić information content (AvgIpc) is 2.93. The lowest BCUT2D eigenvalue weighted by Gasteiger charge is -2.08. The standard InChI is InChI=1S/C13H14N2O3S/c1-17-10-3-2-4-11(7-10)18-8-9-5-6-19-12(9)13(16)15-14/h2-7H,8,14H2,1H3,(H,15,16). The summed E-state index contributed by atoms with van der Waals surface area (Å²) in [5.41, 5.74) is 2.92. The van der Waals surface area contributed by atoms with Crippen molar-refractivity contribution in [3.05, 3.63) is 46.2 Å². The number of thiophene rings is 1. The molecule has 0 bridgehead atoms. The van der Waals surface area contributed by atoms with Crippen LogP contribution >= 0.6 is 11.3 Å². The van der Waals surface area contributed by atoms with Crippen LogP contribution in [-0.2, 0) is 6.61 Å². The van der Waals surface area contributed by atoms with Crippen molar-refractivity contribution in [3.63, 3.8) is 0 Å². The van der Waals surface area contributed by atoms with Crippen LogP contribution in [0.3, 0.4) is 0 Å². The number of benzene rings is 1. The molecule has 0 saturated carbocycles. The first-order valence-corrected chi connectivity index (χ1v) is 6.46. The SMILES string of the molecule is COc1cccc(OCc2ccsc2C(=O)NN)c1. The van der Waals surface area contributed by atoms with Crippen molar-refractivity contribution in [2.75, 3.05) is 7.11 Å². The number of carbonyl (C=O) groups excluding carboxylic acids is 1. The summed E-state index contributed by atoms with van der Waals surface area (Å²) in [5, 5.41) is 1.83. The largest absolute Gasteiger partial charge is 0.497 e. The van der Waals surface area contributed by atoms with Crippen LogP contribution in [0.2, 0.25) is 0 Å². The van der Waals surface area contributed by atoms with E-state index in [9.17, 15) is 4.79 Å². The molecule has 0 unspecified atom stereocenters. The topological polar surface area (TPSA) is 73.6 Å². The number of rotatable bonds is 5. The van der Waals surface area contributed by atoms with Gasteiger partial charge in [-0.25, -0.2) is 5.84 Å². The second kappa shape index (κ2) is 6.21. The molecule has 3 N–H and O–H groups in total. The summed E-state index contributed by atoms with van der Waals surface area (Å²) >= 11 is 1.33. The number of carbonyl (C=O) groups is 1. The predicted octanol–water partition coefficient (Wildman–Crippen LogP) is 1.94. The highest BCUT2D eigenvalue weighted by molar-refractivity contribution is 7.12. The second-order valence-corrected chi connectivity index (χ2v) is 4.63. The summed E-state index contributed by atoms with van der Waals surface area (Å²) in [6.45, 7) is 0.305. The summed E-state index contributed by atoms with van der Waals surface area (Å²) in [6.07, 6.45) is 0. The third kappa shape index (κ3) is 3.24. The van der Waals surface area contributed by atoms with Crippen LogP contribution in [0.5, 0.6) is 11.5 Å². The summed E-state index contributed by atoms with van der Waals surface area (Å²) < 4.78 is 10.7. The number of nitrogens with two attached hydrogens (primary N) is 1. The fourth-order valence-corrected chi connectivity index (χ4v) is 2.38. The van der Waals surface area contributed by atoms with Crippen LogP contribution in [0.4, 0.5) is 0 Å². The number of ether oxygens (including phenoxy) is 2. The van der Waals surface area contributed by atoms with Crippen LogP contribution in [0.25, 0.3) is 0 Å². The monoisotopic (exact) mass is 278 g/mol. The average molecular weight is 278 g/mol. The lowest BCUT2D eigenvalue weighted by molar-refractivity contribution is 0.0955. The van der Waals surface area contributed by atoms with Crippen LogP contribution < -0.4 is 20.7 Å². The first-order chi connectivity index (χ1) is 9.24. The molecule has 19 heavy (non-hydrogen) atoms. The predicted molar refractivity (Wildman–Crippen MR) is 73.3 cm³/mol. The Morgan fingerprint density at radius 1 is 1.37 bits per heavy atom. The van der Waals surface area contributed by atoms with Gasteiger partial charge in [0.2, 0.25) is 0 Å². The van der Waals surface area contributed by atoms with Crippen molar-refractivity contribution < 1.29 is 14.3 Å². The number of hydrazine groups is 1. The smallest absolute Gasteiger partial charge is 0.275 e. The van der Waals surface area contributed by atoms with Crippen molar-refractivity contribution >= 4 is 17.2 Å². The van der Waals surface area contributed by atoms with Crippen molar-refractivity contribution in [2.24, 2.45) is 5.84 Å². The Bertz CT molecular complexity index is 569. The van der Waals surface area contributed by atoms with Gasteiger partial charge in [0, 0.05) is 11.6 Å². The third-order valence-electron chi connectivity index (χ3n) is 2.52. The molecule has 1 heterocycles. The number of hydrogen-bond donors (Lipinski definition) is 2. The van der Waals surface area contributed by atoms with E-state index < -0.39 is 0 Å². The van der Waals surface area contributed by atoms with Gasteiger partial charge in [-0.05, 0) is 23.6 Å². The first-order valence-electron chi connectivity index (χ1n) is 5.58. The van der Waals surface area contributed by atoms with Gasteiger partial charge in [-0.1, -0.05) is 6.07 Å². The molecule has 0 fully saturated rings. The molecule has 2 aromatic rings. The Morgan fingerprint density at radius 2 is 2.16 bits per heavy atom. The molecule has 0 aliphatic carbocycles. The number of amides is 1. The van der Waals surface area contributed by atoms with E-state index in [1.165, 1.54) is 11.3 Å². The van der Waals surface area contributed by atoms with Gasteiger partial charge in [-0.15, -0.1) is 11.3 Å². The van der Waals surface area contributed by atoms with E-state index in [2.05, 4.69) is 5.43 Å². The minimum atomic E-state index is -0.306. The number of hydrogen-bond acceptors (Lipinski definition) is 5. The van der Waals surface area contributed by atoms with Gasteiger partial charge in [0.05, 0.1) is 12.0 Å². The highest BCUT2D eigenvalue weighted by Crippen LogP contribution is 2.22. The van der Waals surface area contributed by atoms with Gasteiger partial charge in [0.1, 0.15) is 18.1 Å². The van der Waals surface area contributed by atoms with E-state index >= 15 is 0 Å². The van der Waals surface area contributed by atoms with Crippen LogP contribution in [-0.4, -0.2) is 13.0 Å². The summed E-state index contributed by atoms with van der Waals surface area (Å²) in [4.78, 5) is 12.1. The van der Waals surface area contributed by atoms with Gasteiger partial charge in [-0.2, -0.15) is 0 Å². The maximum absolute atomic E-state index is 11.5. The first kappa shape index (κ1) is 13.4. The number of methoxy groups -OCH3 is 1. The number of nitrogen functional groups attached to an aromatic ring is 1. The molecule has 0 spiro atoms. The zero-order chi connectivity index (χ0) is 13.7. The number of nitrogens with one attached hydrogen (secondary N) is 1. The van der Waals surface area contributed by atoms with Crippen molar-refractivity contribution in [1.82, 2.24) is 5.43 Å². The van der Waals surface area contributed by atoms with Gasteiger partial charge in [0.15, 0.2) is 0 Å². The fraction of sp³-hybridized carbons (Fsp3) is 0.154. The molecule has 1 aromatic carbocycles. The third-order valence-corrected chi connectivity index (χ3v) is 3.48. The van der Waals surface area contributed by atoms with Crippen molar-refractivity contribution in [1.29, 1.82) is 0 Å². The highest BCUT2D eigenvalue weighted by atomic mass is 32.1. The maximum Gasteiger partial charge on any atom is 0.275 e. The van der Waals surface area contributed by atoms with E-state index in [-0.39, 0.29) is 5.91 Å². The van der Waals surface area contributed by atoms with E-state index in [4.69, 9.17) is 15.3 Å².